The molecule has 2 heterocycles. The van der Waals surface area contributed by atoms with Gasteiger partial charge in [-0.15, -0.1) is 0 Å². The molecule has 0 bridgehead atoms. The maximum absolute atomic E-state index is 3.71. The second-order valence-corrected chi connectivity index (χ2v) is 4.56. The van der Waals surface area contributed by atoms with E-state index in [0.717, 1.165) is 18.0 Å². The van der Waals surface area contributed by atoms with Crippen molar-refractivity contribution in [3.05, 3.63) is 0 Å². The minimum atomic E-state index is 0.759. The van der Waals surface area contributed by atoms with E-state index in [0.29, 0.717) is 0 Å². The van der Waals surface area contributed by atoms with E-state index < -0.39 is 0 Å². The summed E-state index contributed by atoms with van der Waals surface area (Å²) in [5.41, 5.74) is 0. The largest absolute Gasteiger partial charge is 0.311 e. The van der Waals surface area contributed by atoms with Crippen LogP contribution in [0.2, 0.25) is 0 Å². The van der Waals surface area contributed by atoms with Crippen LogP contribution in [0.25, 0.3) is 0 Å². The van der Waals surface area contributed by atoms with Gasteiger partial charge < -0.3 is 10.2 Å². The van der Waals surface area contributed by atoms with Crippen LogP contribution in [0.5, 0.6) is 0 Å². The second kappa shape index (κ2) is 3.35. The maximum atomic E-state index is 3.71. The van der Waals surface area contributed by atoms with Crippen LogP contribution in [0.1, 0.15) is 26.2 Å². The van der Waals surface area contributed by atoms with E-state index in [1.54, 1.807) is 0 Å². The zero-order valence-corrected chi connectivity index (χ0v) is 8.21. The second-order valence-electron chi connectivity index (χ2n) is 4.56. The molecule has 0 aromatic rings. The van der Waals surface area contributed by atoms with Crippen molar-refractivity contribution in [2.75, 3.05) is 20.1 Å². The fourth-order valence-electron chi connectivity index (χ4n) is 2.64. The Kier molecular flexibility index (Phi) is 2.37. The van der Waals surface area contributed by atoms with Crippen molar-refractivity contribution in [3.63, 3.8) is 0 Å². The minimum Gasteiger partial charge on any atom is -0.311 e. The lowest BCUT2D eigenvalue weighted by atomic mass is 9.83. The van der Waals surface area contributed by atoms with Crippen LogP contribution in [-0.4, -0.2) is 37.1 Å². The van der Waals surface area contributed by atoms with Crippen molar-refractivity contribution in [1.29, 1.82) is 0 Å². The van der Waals surface area contributed by atoms with Crippen LogP contribution in [0.15, 0.2) is 0 Å². The highest BCUT2D eigenvalue weighted by molar-refractivity contribution is 4.89. The number of piperidine rings is 2. The van der Waals surface area contributed by atoms with Crippen molar-refractivity contribution in [3.8, 4) is 0 Å². The Morgan fingerprint density at radius 3 is 2.92 bits per heavy atom. The number of nitrogens with zero attached hydrogens (tertiary/aromatic N) is 1. The number of hydrogen-bond acceptors (Lipinski definition) is 2. The molecule has 1 N–H and O–H groups in total. The summed E-state index contributed by atoms with van der Waals surface area (Å²) in [5.74, 6) is 0.931. The molecule has 2 nitrogen and oxygen atoms in total. The zero-order chi connectivity index (χ0) is 8.55. The summed E-state index contributed by atoms with van der Waals surface area (Å²) in [7, 11) is 2.24. The number of hydrogen-bond donors (Lipinski definition) is 1. The Morgan fingerprint density at radius 1 is 1.25 bits per heavy atom. The van der Waals surface area contributed by atoms with Crippen LogP contribution in [0.3, 0.4) is 0 Å². The molecule has 0 amide bonds. The summed E-state index contributed by atoms with van der Waals surface area (Å²) < 4.78 is 0. The predicted octanol–water partition coefficient (Wildman–Crippen LogP) is 1.08. The van der Waals surface area contributed by atoms with E-state index in [2.05, 4.69) is 24.2 Å². The molecule has 0 spiro atoms. The molecule has 0 radical (unpaired) electrons. The van der Waals surface area contributed by atoms with Crippen LogP contribution in [0, 0.1) is 5.92 Å². The highest BCUT2D eigenvalue weighted by Gasteiger charge is 2.31. The lowest BCUT2D eigenvalue weighted by Gasteiger charge is -2.42. The first kappa shape index (κ1) is 8.52. The van der Waals surface area contributed by atoms with Gasteiger partial charge in [0, 0.05) is 18.6 Å². The molecule has 2 heteroatoms. The lowest BCUT2D eigenvalue weighted by Crippen LogP contribution is -2.53. The van der Waals surface area contributed by atoms with Gasteiger partial charge >= 0.3 is 0 Å². The van der Waals surface area contributed by atoms with Crippen LogP contribution < -0.4 is 5.32 Å². The van der Waals surface area contributed by atoms with Gasteiger partial charge in [0.25, 0.3) is 0 Å². The summed E-state index contributed by atoms with van der Waals surface area (Å²) in [6, 6.07) is 1.58. The summed E-state index contributed by atoms with van der Waals surface area (Å²) in [5, 5.41) is 3.71. The molecule has 2 aliphatic rings. The van der Waals surface area contributed by atoms with Gasteiger partial charge in [-0.2, -0.15) is 0 Å². The van der Waals surface area contributed by atoms with Gasteiger partial charge in [0.05, 0.1) is 0 Å². The van der Waals surface area contributed by atoms with Crippen LogP contribution >= 0.6 is 0 Å². The molecule has 0 aliphatic carbocycles. The summed E-state index contributed by atoms with van der Waals surface area (Å²) in [6.07, 6.45) is 4.16. The molecule has 2 rings (SSSR count). The Bertz CT molecular complexity index is 140. The topological polar surface area (TPSA) is 15.3 Å². The molecule has 0 saturated carbocycles. The van der Waals surface area contributed by atoms with E-state index in [1.165, 1.54) is 32.4 Å². The third-order valence-corrected chi connectivity index (χ3v) is 3.41. The highest BCUT2D eigenvalue weighted by Crippen LogP contribution is 2.26. The Labute approximate surface area is 75.3 Å². The van der Waals surface area contributed by atoms with Crippen molar-refractivity contribution >= 4 is 0 Å². The first-order chi connectivity index (χ1) is 5.75. The summed E-state index contributed by atoms with van der Waals surface area (Å²) in [6.45, 7) is 4.90. The van der Waals surface area contributed by atoms with Gasteiger partial charge in [0.15, 0.2) is 0 Å². The maximum Gasteiger partial charge on any atom is 0.0122 e. The van der Waals surface area contributed by atoms with Crippen molar-refractivity contribution in [1.82, 2.24) is 10.2 Å². The van der Waals surface area contributed by atoms with Gasteiger partial charge in [-0.1, -0.05) is 0 Å². The number of nitrogens with one attached hydrogen (secondary N) is 1. The highest BCUT2D eigenvalue weighted by atomic mass is 15.1. The molecule has 0 aromatic heterocycles. The number of fused-ring (bicyclic) bond motifs is 1. The van der Waals surface area contributed by atoms with E-state index in [1.807, 2.05) is 0 Å². The van der Waals surface area contributed by atoms with E-state index in [-0.39, 0.29) is 0 Å². The number of rotatable bonds is 0. The van der Waals surface area contributed by atoms with Gasteiger partial charge in [-0.05, 0) is 45.7 Å². The Morgan fingerprint density at radius 2 is 2.08 bits per heavy atom. The third-order valence-electron chi connectivity index (χ3n) is 3.41. The first-order valence-electron chi connectivity index (χ1n) is 5.20. The van der Waals surface area contributed by atoms with Gasteiger partial charge in [0.2, 0.25) is 0 Å². The average molecular weight is 168 g/mol. The van der Waals surface area contributed by atoms with Crippen molar-refractivity contribution in [2.45, 2.75) is 38.3 Å². The normalized spacial score (nSPS) is 44.0. The zero-order valence-electron chi connectivity index (χ0n) is 8.21. The van der Waals surface area contributed by atoms with E-state index in [9.17, 15) is 0 Å². The fraction of sp³-hybridized carbons (Fsp3) is 1.00. The molecular weight excluding hydrogens is 148 g/mol. The van der Waals surface area contributed by atoms with Gasteiger partial charge in [-0.3, -0.25) is 0 Å². The van der Waals surface area contributed by atoms with Crippen molar-refractivity contribution < 1.29 is 0 Å². The standard InChI is InChI=1S/C10H20N2/c1-8-3-4-9-7-12(2)6-5-10(9)11-8/h8-11H,3-7H2,1-2H3. The van der Waals surface area contributed by atoms with E-state index >= 15 is 0 Å². The molecular formula is C10H20N2. The van der Waals surface area contributed by atoms with Crippen LogP contribution in [-0.2, 0) is 0 Å². The fourth-order valence-corrected chi connectivity index (χ4v) is 2.64. The minimum absolute atomic E-state index is 0.759. The Balaban J connectivity index is 1.94. The monoisotopic (exact) mass is 168 g/mol. The molecule has 2 aliphatic heterocycles. The van der Waals surface area contributed by atoms with Gasteiger partial charge in [0.1, 0.15) is 0 Å². The first-order valence-corrected chi connectivity index (χ1v) is 5.20. The molecule has 12 heavy (non-hydrogen) atoms. The van der Waals surface area contributed by atoms with E-state index in [4.69, 9.17) is 0 Å². The smallest absolute Gasteiger partial charge is 0.0122 e. The summed E-state index contributed by atoms with van der Waals surface area (Å²) in [4.78, 5) is 2.47. The predicted molar refractivity (Wildman–Crippen MR) is 51.2 cm³/mol. The van der Waals surface area contributed by atoms with Crippen molar-refractivity contribution in [2.24, 2.45) is 5.92 Å². The molecule has 2 saturated heterocycles. The number of likely N-dealkylation sites (tertiary alicyclic amines) is 1. The molecule has 0 aromatic carbocycles. The SMILES string of the molecule is CC1CCC2CN(C)CCC2N1. The van der Waals surface area contributed by atoms with Gasteiger partial charge in [-0.25, -0.2) is 0 Å². The molecule has 3 atom stereocenters. The van der Waals surface area contributed by atoms with Crippen LogP contribution in [0.4, 0.5) is 0 Å². The summed E-state index contributed by atoms with van der Waals surface area (Å²) >= 11 is 0. The molecule has 2 fully saturated rings. The molecule has 70 valence electrons. The Hall–Kier alpha value is -0.0800. The molecule has 3 unspecified atom stereocenters. The quantitative estimate of drug-likeness (QED) is 0.582. The lowest BCUT2D eigenvalue weighted by molar-refractivity contribution is 0.119. The third kappa shape index (κ3) is 1.64. The average Bonchev–Trinajstić information content (AvgIpc) is 2.05.